The molecule has 1 aromatic rings. The van der Waals surface area contributed by atoms with Crippen molar-refractivity contribution in [1.29, 1.82) is 0 Å². The fraction of sp³-hybridized carbons (Fsp3) is 0.636. The van der Waals surface area contributed by atoms with Crippen LogP contribution in [-0.2, 0) is 0 Å². The maximum Gasteiger partial charge on any atom is 0.226 e. The lowest BCUT2D eigenvalue weighted by Crippen LogP contribution is -2.33. The van der Waals surface area contributed by atoms with E-state index in [0.717, 1.165) is 25.7 Å². The van der Waals surface area contributed by atoms with Crippen molar-refractivity contribution < 1.29 is 9.84 Å². The second-order valence-electron chi connectivity index (χ2n) is 4.21. The zero-order valence-corrected chi connectivity index (χ0v) is 9.44. The quantitative estimate of drug-likeness (QED) is 0.803. The molecule has 0 amide bonds. The topological polar surface area (TPSA) is 67.3 Å². The highest BCUT2D eigenvalue weighted by Crippen LogP contribution is 2.29. The molecule has 16 heavy (non-hydrogen) atoms. The third-order valence-corrected chi connectivity index (χ3v) is 2.95. The van der Waals surface area contributed by atoms with Crippen molar-refractivity contribution in [3.05, 3.63) is 12.3 Å². The summed E-state index contributed by atoms with van der Waals surface area (Å²) in [5.41, 5.74) is -0.591. The molecule has 1 saturated carbocycles. The zero-order chi connectivity index (χ0) is 11.4. The molecule has 1 heterocycles. The molecule has 0 bridgehead atoms. The Bertz CT molecular complexity index is 351. The summed E-state index contributed by atoms with van der Waals surface area (Å²) >= 11 is 0. The first kappa shape index (κ1) is 11.1. The van der Waals surface area contributed by atoms with Gasteiger partial charge in [0.05, 0.1) is 12.7 Å². The van der Waals surface area contributed by atoms with E-state index in [1.807, 2.05) is 0 Å². The Balaban J connectivity index is 1.93. The Morgan fingerprint density at radius 3 is 2.94 bits per heavy atom. The molecule has 2 rings (SSSR count). The first-order chi connectivity index (χ1) is 7.72. The van der Waals surface area contributed by atoms with Crippen LogP contribution in [0.15, 0.2) is 12.3 Å². The van der Waals surface area contributed by atoms with Crippen LogP contribution in [0.1, 0.15) is 25.7 Å². The van der Waals surface area contributed by atoms with Crippen molar-refractivity contribution in [2.45, 2.75) is 31.3 Å². The van der Waals surface area contributed by atoms with E-state index in [4.69, 9.17) is 4.74 Å². The molecule has 0 unspecified atom stereocenters. The Kier molecular flexibility index (Phi) is 3.24. The predicted molar refractivity (Wildman–Crippen MR) is 60.5 cm³/mol. The van der Waals surface area contributed by atoms with Crippen molar-refractivity contribution >= 4 is 5.95 Å². The van der Waals surface area contributed by atoms with Gasteiger partial charge in [0.15, 0.2) is 0 Å². The first-order valence-corrected chi connectivity index (χ1v) is 5.55. The van der Waals surface area contributed by atoms with Gasteiger partial charge in [-0.15, -0.1) is 0 Å². The molecule has 0 saturated heterocycles. The van der Waals surface area contributed by atoms with Gasteiger partial charge in [-0.2, -0.15) is 4.98 Å². The first-order valence-electron chi connectivity index (χ1n) is 5.55. The second-order valence-corrected chi connectivity index (χ2v) is 4.21. The van der Waals surface area contributed by atoms with E-state index in [-0.39, 0.29) is 0 Å². The second kappa shape index (κ2) is 4.65. The molecule has 2 N–H and O–H groups in total. The van der Waals surface area contributed by atoms with Gasteiger partial charge in [-0.25, -0.2) is 4.98 Å². The highest BCUT2D eigenvalue weighted by Gasteiger charge is 2.30. The van der Waals surface area contributed by atoms with Crippen molar-refractivity contribution in [1.82, 2.24) is 9.97 Å². The van der Waals surface area contributed by atoms with Crippen LogP contribution >= 0.6 is 0 Å². The van der Waals surface area contributed by atoms with E-state index in [2.05, 4.69) is 15.3 Å². The summed E-state index contributed by atoms with van der Waals surface area (Å²) in [6.07, 6.45) is 5.52. The number of ether oxygens (including phenoxy) is 1. The minimum atomic E-state index is -0.591. The Morgan fingerprint density at radius 1 is 1.50 bits per heavy atom. The number of aliphatic hydroxyl groups is 1. The lowest BCUT2D eigenvalue weighted by atomic mass is 10.0. The molecule has 0 atom stereocenters. The number of nitrogens with one attached hydrogen (secondary N) is 1. The average Bonchev–Trinajstić information content (AvgIpc) is 2.75. The fourth-order valence-corrected chi connectivity index (χ4v) is 1.99. The maximum absolute atomic E-state index is 10.1. The minimum Gasteiger partial charge on any atom is -0.481 e. The van der Waals surface area contributed by atoms with E-state index >= 15 is 0 Å². The molecule has 1 fully saturated rings. The molecule has 88 valence electrons. The normalized spacial score (nSPS) is 18.4. The lowest BCUT2D eigenvalue weighted by Gasteiger charge is -2.22. The van der Waals surface area contributed by atoms with Crippen LogP contribution in [-0.4, -0.2) is 34.3 Å². The smallest absolute Gasteiger partial charge is 0.226 e. The van der Waals surface area contributed by atoms with Crippen LogP contribution in [0.3, 0.4) is 0 Å². The number of rotatable bonds is 4. The highest BCUT2D eigenvalue weighted by molar-refractivity contribution is 5.28. The van der Waals surface area contributed by atoms with Crippen molar-refractivity contribution in [2.75, 3.05) is 19.0 Å². The number of hydrogen-bond acceptors (Lipinski definition) is 5. The highest BCUT2D eigenvalue weighted by atomic mass is 16.5. The van der Waals surface area contributed by atoms with Crippen LogP contribution in [0.25, 0.3) is 0 Å². The van der Waals surface area contributed by atoms with Gasteiger partial charge in [0.1, 0.15) is 0 Å². The van der Waals surface area contributed by atoms with E-state index < -0.39 is 5.60 Å². The fourth-order valence-electron chi connectivity index (χ4n) is 1.99. The maximum atomic E-state index is 10.1. The van der Waals surface area contributed by atoms with Crippen LogP contribution in [0.2, 0.25) is 0 Å². The zero-order valence-electron chi connectivity index (χ0n) is 9.44. The van der Waals surface area contributed by atoms with Gasteiger partial charge in [0.25, 0.3) is 0 Å². The molecule has 1 aliphatic carbocycles. The molecule has 0 spiro atoms. The lowest BCUT2D eigenvalue weighted by molar-refractivity contribution is 0.0613. The summed E-state index contributed by atoms with van der Waals surface area (Å²) in [4.78, 5) is 8.19. The summed E-state index contributed by atoms with van der Waals surface area (Å²) in [6, 6.07) is 1.69. The Hall–Kier alpha value is -1.36. The van der Waals surface area contributed by atoms with Crippen LogP contribution in [0.5, 0.6) is 5.88 Å². The predicted octanol–water partition coefficient (Wildman–Crippen LogP) is 1.20. The summed E-state index contributed by atoms with van der Waals surface area (Å²) in [5.74, 6) is 1.02. The number of anilines is 1. The largest absolute Gasteiger partial charge is 0.481 e. The molecule has 0 aliphatic heterocycles. The van der Waals surface area contributed by atoms with Crippen molar-refractivity contribution in [3.63, 3.8) is 0 Å². The standard InChI is InChI=1S/C11H17N3O2/c1-16-9-4-7-12-10(14-9)13-8-11(15)5-2-3-6-11/h4,7,15H,2-3,5-6,8H2,1H3,(H,12,13,14). The van der Waals surface area contributed by atoms with Gasteiger partial charge in [0.2, 0.25) is 11.8 Å². The summed E-state index contributed by atoms with van der Waals surface area (Å²) in [6.45, 7) is 0.500. The van der Waals surface area contributed by atoms with Crippen LogP contribution < -0.4 is 10.1 Å². The molecule has 5 heteroatoms. The third-order valence-electron chi connectivity index (χ3n) is 2.95. The molecular weight excluding hydrogens is 206 g/mol. The van der Waals surface area contributed by atoms with E-state index in [1.165, 1.54) is 0 Å². The Morgan fingerprint density at radius 2 is 2.25 bits per heavy atom. The minimum absolute atomic E-state index is 0.500. The van der Waals surface area contributed by atoms with E-state index in [9.17, 15) is 5.11 Å². The average molecular weight is 223 g/mol. The summed E-state index contributed by atoms with van der Waals surface area (Å²) in [7, 11) is 1.57. The number of hydrogen-bond donors (Lipinski definition) is 2. The molecule has 1 aliphatic rings. The molecule has 5 nitrogen and oxygen atoms in total. The van der Waals surface area contributed by atoms with Gasteiger partial charge < -0.3 is 15.2 Å². The monoisotopic (exact) mass is 223 g/mol. The van der Waals surface area contributed by atoms with Crippen molar-refractivity contribution in [2.24, 2.45) is 0 Å². The van der Waals surface area contributed by atoms with Gasteiger partial charge in [-0.05, 0) is 12.8 Å². The molecule has 1 aromatic heterocycles. The van der Waals surface area contributed by atoms with Crippen LogP contribution in [0.4, 0.5) is 5.95 Å². The van der Waals surface area contributed by atoms with Gasteiger partial charge in [-0.3, -0.25) is 0 Å². The SMILES string of the molecule is COc1ccnc(NCC2(O)CCCC2)n1. The van der Waals surface area contributed by atoms with Gasteiger partial charge >= 0.3 is 0 Å². The van der Waals surface area contributed by atoms with Gasteiger partial charge in [0, 0.05) is 18.8 Å². The molecule has 0 radical (unpaired) electrons. The number of aromatic nitrogens is 2. The van der Waals surface area contributed by atoms with Crippen LogP contribution in [0, 0.1) is 0 Å². The number of methoxy groups -OCH3 is 1. The third kappa shape index (κ3) is 2.61. The van der Waals surface area contributed by atoms with Crippen molar-refractivity contribution in [3.8, 4) is 5.88 Å². The van der Waals surface area contributed by atoms with E-state index in [1.54, 1.807) is 19.4 Å². The Labute approximate surface area is 94.9 Å². The molecular formula is C11H17N3O2. The van der Waals surface area contributed by atoms with Gasteiger partial charge in [-0.1, -0.05) is 12.8 Å². The summed E-state index contributed by atoms with van der Waals surface area (Å²) < 4.78 is 5.00. The van der Waals surface area contributed by atoms with E-state index in [0.29, 0.717) is 18.4 Å². The number of nitrogens with zero attached hydrogens (tertiary/aromatic N) is 2. The summed E-state index contributed by atoms with van der Waals surface area (Å²) in [5, 5.41) is 13.2. The molecule has 0 aromatic carbocycles.